The Morgan fingerprint density at radius 3 is 2.12 bits per heavy atom. The van der Waals surface area contributed by atoms with Crippen molar-refractivity contribution in [2.45, 2.75) is 25.4 Å². The number of hydrogen-bond acceptors (Lipinski definition) is 4. The molecule has 1 atom stereocenters. The van der Waals surface area contributed by atoms with Crippen LogP contribution in [0.1, 0.15) is 18.1 Å². The molecule has 0 saturated carbocycles. The number of rotatable bonds is 4. The highest BCUT2D eigenvalue weighted by Crippen LogP contribution is 2.39. The van der Waals surface area contributed by atoms with E-state index >= 15 is 0 Å². The van der Waals surface area contributed by atoms with Crippen LogP contribution in [0.25, 0.3) is 0 Å². The molecular formula is C15H13F6NO4. The van der Waals surface area contributed by atoms with Gasteiger partial charge in [0, 0.05) is 0 Å². The Morgan fingerprint density at radius 2 is 1.69 bits per heavy atom. The quantitative estimate of drug-likeness (QED) is 0.474. The molecule has 0 aliphatic heterocycles. The first-order valence-corrected chi connectivity index (χ1v) is 6.76. The largest absolute Gasteiger partial charge is 0.466 e. The maximum Gasteiger partial charge on any atom is 0.418 e. The minimum Gasteiger partial charge on any atom is -0.466 e. The first kappa shape index (κ1) is 21.3. The maximum atomic E-state index is 13.0. The van der Waals surface area contributed by atoms with Crippen molar-refractivity contribution in [3.8, 4) is 0 Å². The number of halogens is 6. The van der Waals surface area contributed by atoms with E-state index in [1.165, 1.54) is 6.92 Å². The van der Waals surface area contributed by atoms with Gasteiger partial charge in [-0.1, -0.05) is 6.58 Å². The first-order valence-electron chi connectivity index (χ1n) is 6.76. The zero-order valence-corrected chi connectivity index (χ0v) is 13.4. The van der Waals surface area contributed by atoms with Crippen LogP contribution in [0.4, 0.5) is 36.8 Å². The zero-order valence-electron chi connectivity index (χ0n) is 13.4. The third-order valence-corrected chi connectivity index (χ3v) is 2.98. The predicted molar refractivity (Wildman–Crippen MR) is 77.2 cm³/mol. The molecule has 1 aromatic rings. The molecule has 1 aromatic carbocycles. The Labute approximate surface area is 143 Å². The summed E-state index contributed by atoms with van der Waals surface area (Å²) in [6.45, 7) is 4.67. The van der Waals surface area contributed by atoms with Crippen molar-refractivity contribution in [1.29, 1.82) is 0 Å². The van der Waals surface area contributed by atoms with Crippen molar-refractivity contribution in [3.05, 3.63) is 41.5 Å². The molecule has 11 heteroatoms. The Balaban J connectivity index is 3.14. The normalized spacial score (nSPS) is 12.9. The molecule has 0 saturated heterocycles. The molecule has 0 heterocycles. The number of alkyl halides is 6. The van der Waals surface area contributed by atoms with E-state index < -0.39 is 47.3 Å². The Hall–Kier alpha value is -2.72. The van der Waals surface area contributed by atoms with Crippen molar-refractivity contribution in [2.24, 2.45) is 0 Å². The van der Waals surface area contributed by atoms with Gasteiger partial charge in [0.25, 0.3) is 0 Å². The molecule has 0 aliphatic rings. The lowest BCUT2D eigenvalue weighted by Gasteiger charge is -2.19. The SMILES string of the molecule is C=C(C)C(OC(=O)Nc1ccc(C(F)(F)F)cc1C(F)(F)F)C(=O)OC. The van der Waals surface area contributed by atoms with E-state index in [1.54, 1.807) is 5.32 Å². The van der Waals surface area contributed by atoms with E-state index in [0.717, 1.165) is 7.11 Å². The van der Waals surface area contributed by atoms with E-state index in [4.69, 9.17) is 0 Å². The zero-order chi connectivity index (χ0) is 20.3. The van der Waals surface area contributed by atoms with Crippen LogP contribution in [0.2, 0.25) is 0 Å². The molecule has 1 N–H and O–H groups in total. The van der Waals surface area contributed by atoms with E-state index in [1.807, 2.05) is 0 Å². The summed E-state index contributed by atoms with van der Waals surface area (Å²) in [7, 11) is 0.983. The van der Waals surface area contributed by atoms with Gasteiger partial charge >= 0.3 is 24.4 Å². The van der Waals surface area contributed by atoms with Gasteiger partial charge in [0.05, 0.1) is 23.9 Å². The van der Waals surface area contributed by atoms with Gasteiger partial charge in [0.1, 0.15) is 0 Å². The summed E-state index contributed by atoms with van der Waals surface area (Å²) in [5.74, 6) is -1.03. The summed E-state index contributed by atoms with van der Waals surface area (Å²) in [5.41, 5.74) is -4.22. The highest BCUT2D eigenvalue weighted by Gasteiger charge is 2.39. The third-order valence-electron chi connectivity index (χ3n) is 2.98. The summed E-state index contributed by atoms with van der Waals surface area (Å²) in [4.78, 5) is 23.2. The Morgan fingerprint density at radius 1 is 1.12 bits per heavy atom. The van der Waals surface area contributed by atoms with Gasteiger partial charge in [-0.05, 0) is 30.7 Å². The molecule has 5 nitrogen and oxygen atoms in total. The topological polar surface area (TPSA) is 64.6 Å². The molecule has 144 valence electrons. The number of carbonyl (C=O) groups excluding carboxylic acids is 2. The number of carbonyl (C=O) groups is 2. The average Bonchev–Trinajstić information content (AvgIpc) is 2.49. The predicted octanol–water partition coefficient (Wildman–Crippen LogP) is 4.39. The van der Waals surface area contributed by atoms with Gasteiger partial charge in [-0.15, -0.1) is 0 Å². The number of hydrogen-bond donors (Lipinski definition) is 1. The summed E-state index contributed by atoms with van der Waals surface area (Å²) >= 11 is 0. The molecule has 1 rings (SSSR count). The smallest absolute Gasteiger partial charge is 0.418 e. The van der Waals surface area contributed by atoms with Gasteiger partial charge in [-0.2, -0.15) is 26.3 Å². The number of esters is 1. The van der Waals surface area contributed by atoms with Gasteiger partial charge in [0.15, 0.2) is 0 Å². The second-order valence-corrected chi connectivity index (χ2v) is 5.04. The average molecular weight is 385 g/mol. The fourth-order valence-electron chi connectivity index (χ4n) is 1.77. The van der Waals surface area contributed by atoms with E-state index in [0.29, 0.717) is 12.1 Å². The minimum absolute atomic E-state index is 0.0236. The van der Waals surface area contributed by atoms with Crippen molar-refractivity contribution in [2.75, 3.05) is 12.4 Å². The van der Waals surface area contributed by atoms with Crippen molar-refractivity contribution >= 4 is 17.7 Å². The Bertz CT molecular complexity index is 711. The first-order chi connectivity index (χ1) is 11.8. The third kappa shape index (κ3) is 5.39. The highest BCUT2D eigenvalue weighted by molar-refractivity contribution is 5.89. The van der Waals surface area contributed by atoms with E-state index in [9.17, 15) is 35.9 Å². The van der Waals surface area contributed by atoms with E-state index in [-0.39, 0.29) is 11.6 Å². The number of methoxy groups -OCH3 is 1. The van der Waals surface area contributed by atoms with Crippen LogP contribution >= 0.6 is 0 Å². The van der Waals surface area contributed by atoms with Crippen LogP contribution in [0, 0.1) is 0 Å². The summed E-state index contributed by atoms with van der Waals surface area (Å²) in [6, 6.07) is 0.647. The molecule has 0 fully saturated rings. The minimum atomic E-state index is -5.18. The number of benzene rings is 1. The molecule has 0 bridgehead atoms. The number of anilines is 1. The second-order valence-electron chi connectivity index (χ2n) is 5.04. The van der Waals surface area contributed by atoms with Crippen molar-refractivity contribution < 1.29 is 45.4 Å². The van der Waals surface area contributed by atoms with Crippen LogP contribution in [0.5, 0.6) is 0 Å². The fourth-order valence-corrected chi connectivity index (χ4v) is 1.77. The highest BCUT2D eigenvalue weighted by atomic mass is 19.4. The van der Waals surface area contributed by atoms with Crippen molar-refractivity contribution in [1.82, 2.24) is 0 Å². The van der Waals surface area contributed by atoms with E-state index in [2.05, 4.69) is 16.1 Å². The van der Waals surface area contributed by atoms with Crippen LogP contribution in [0.15, 0.2) is 30.4 Å². The number of nitrogens with one attached hydrogen (secondary N) is 1. The lowest BCUT2D eigenvalue weighted by Crippen LogP contribution is -2.31. The molecule has 0 radical (unpaired) electrons. The van der Waals surface area contributed by atoms with Crippen LogP contribution in [0.3, 0.4) is 0 Å². The van der Waals surface area contributed by atoms with Crippen molar-refractivity contribution in [3.63, 3.8) is 0 Å². The lowest BCUT2D eigenvalue weighted by atomic mass is 10.1. The molecular weight excluding hydrogens is 372 g/mol. The van der Waals surface area contributed by atoms with Crippen LogP contribution < -0.4 is 5.32 Å². The maximum absolute atomic E-state index is 13.0. The number of ether oxygens (including phenoxy) is 2. The summed E-state index contributed by atoms with van der Waals surface area (Å²) in [5, 5.41) is 1.66. The summed E-state index contributed by atoms with van der Waals surface area (Å²) < 4.78 is 85.7. The molecule has 1 amide bonds. The second kappa shape index (κ2) is 7.67. The lowest BCUT2D eigenvalue weighted by molar-refractivity contribution is -0.148. The van der Waals surface area contributed by atoms with Gasteiger partial charge in [-0.25, -0.2) is 9.59 Å². The van der Waals surface area contributed by atoms with Gasteiger partial charge < -0.3 is 9.47 Å². The summed E-state index contributed by atoms with van der Waals surface area (Å²) in [6.07, 6.45) is -13.3. The number of amides is 1. The standard InChI is InChI=1S/C15H13F6NO4/c1-7(2)11(12(23)25-3)26-13(24)22-10-5-4-8(14(16,17)18)6-9(10)15(19,20)21/h4-6,11H,1H2,2-3H3,(H,22,24). The van der Waals surface area contributed by atoms with Gasteiger partial charge in [0.2, 0.25) is 6.10 Å². The van der Waals surface area contributed by atoms with Gasteiger partial charge in [-0.3, -0.25) is 5.32 Å². The molecule has 0 spiro atoms. The monoisotopic (exact) mass is 385 g/mol. The molecule has 0 aliphatic carbocycles. The molecule has 1 unspecified atom stereocenters. The van der Waals surface area contributed by atoms with Crippen LogP contribution in [-0.2, 0) is 26.6 Å². The fraction of sp³-hybridized carbons (Fsp3) is 0.333. The van der Waals surface area contributed by atoms with Crippen LogP contribution in [-0.4, -0.2) is 25.3 Å². The molecule has 26 heavy (non-hydrogen) atoms. The Kier molecular flexibility index (Phi) is 6.29. The molecule has 0 aromatic heterocycles.